The number of carbonyl (C=O) groups is 2. The van der Waals surface area contributed by atoms with E-state index in [0.717, 1.165) is 10.0 Å². The quantitative estimate of drug-likeness (QED) is 0.570. The van der Waals surface area contributed by atoms with Gasteiger partial charge in [0.05, 0.1) is 31.2 Å². The molecule has 2 fully saturated rings. The van der Waals surface area contributed by atoms with Crippen LogP contribution in [0.15, 0.2) is 40.9 Å². The molecule has 5 atom stereocenters. The van der Waals surface area contributed by atoms with Crippen molar-refractivity contribution in [3.8, 4) is 0 Å². The predicted molar refractivity (Wildman–Crippen MR) is 94.6 cm³/mol. The van der Waals surface area contributed by atoms with Crippen LogP contribution in [-0.2, 0) is 19.1 Å². The number of likely N-dealkylation sites (tertiary alicyclic amines) is 1. The Kier molecular flexibility index (Phi) is 4.00. The molecule has 0 aliphatic carbocycles. The number of benzene rings is 1. The monoisotopic (exact) mass is 405 g/mol. The number of esters is 1. The van der Waals surface area contributed by atoms with Crippen molar-refractivity contribution in [2.24, 2.45) is 11.8 Å². The number of hydrogen-bond acceptors (Lipinski definition) is 4. The van der Waals surface area contributed by atoms with Gasteiger partial charge in [0.15, 0.2) is 0 Å². The van der Waals surface area contributed by atoms with Crippen LogP contribution in [0.5, 0.6) is 0 Å². The highest BCUT2D eigenvalue weighted by atomic mass is 79.9. The van der Waals surface area contributed by atoms with Crippen LogP contribution in [0.4, 0.5) is 0 Å². The van der Waals surface area contributed by atoms with Crippen LogP contribution in [0.2, 0.25) is 0 Å². The molecule has 4 rings (SSSR count). The van der Waals surface area contributed by atoms with E-state index in [1.165, 1.54) is 0 Å². The highest BCUT2D eigenvalue weighted by Crippen LogP contribution is 2.53. The van der Waals surface area contributed by atoms with Crippen molar-refractivity contribution in [3.05, 3.63) is 46.5 Å². The first kappa shape index (κ1) is 16.8. The van der Waals surface area contributed by atoms with Gasteiger partial charge in [-0.15, -0.1) is 0 Å². The van der Waals surface area contributed by atoms with Gasteiger partial charge >= 0.3 is 5.97 Å². The van der Waals surface area contributed by atoms with Crippen molar-refractivity contribution in [2.45, 2.75) is 31.6 Å². The molecule has 5 nitrogen and oxygen atoms in total. The van der Waals surface area contributed by atoms with Gasteiger partial charge in [-0.2, -0.15) is 0 Å². The van der Waals surface area contributed by atoms with Crippen LogP contribution < -0.4 is 0 Å². The number of rotatable bonds is 4. The van der Waals surface area contributed by atoms with Gasteiger partial charge in [-0.3, -0.25) is 9.59 Å². The van der Waals surface area contributed by atoms with Gasteiger partial charge in [0.2, 0.25) is 5.91 Å². The van der Waals surface area contributed by atoms with E-state index < -0.39 is 17.4 Å². The van der Waals surface area contributed by atoms with Crippen molar-refractivity contribution in [1.29, 1.82) is 0 Å². The molecule has 1 aromatic carbocycles. The Morgan fingerprint density at radius 3 is 2.84 bits per heavy atom. The molecule has 0 aromatic heterocycles. The lowest BCUT2D eigenvalue weighted by atomic mass is 9.77. The second-order valence-corrected chi connectivity index (χ2v) is 7.76. The minimum absolute atomic E-state index is 0.0275. The number of halogens is 1. The van der Waals surface area contributed by atoms with Gasteiger partial charge in [0.1, 0.15) is 11.5 Å². The number of carbonyl (C=O) groups excluding carboxylic acids is 2. The Balaban J connectivity index is 1.63. The van der Waals surface area contributed by atoms with E-state index >= 15 is 0 Å². The Hall–Kier alpha value is -1.66. The van der Waals surface area contributed by atoms with E-state index in [-0.39, 0.29) is 24.0 Å². The zero-order valence-corrected chi connectivity index (χ0v) is 15.7. The SMILES string of the molecule is CCOC(=O)[C@H]1[C@@H]2C=C[C@]3(CN([C@@H](C)c4ccc(Br)cc4)C(=O)[C@H]13)O2. The summed E-state index contributed by atoms with van der Waals surface area (Å²) < 4.78 is 12.3. The molecule has 0 radical (unpaired) electrons. The summed E-state index contributed by atoms with van der Waals surface area (Å²) in [5, 5.41) is 0. The molecule has 6 heteroatoms. The molecule has 0 unspecified atom stereocenters. The molecule has 25 heavy (non-hydrogen) atoms. The van der Waals surface area contributed by atoms with Gasteiger partial charge in [0.25, 0.3) is 0 Å². The highest BCUT2D eigenvalue weighted by molar-refractivity contribution is 9.10. The third-order valence-electron chi connectivity index (χ3n) is 5.51. The fraction of sp³-hybridized carbons (Fsp3) is 0.474. The molecule has 2 saturated heterocycles. The smallest absolute Gasteiger partial charge is 0.312 e. The van der Waals surface area contributed by atoms with E-state index in [1.807, 2.05) is 48.2 Å². The fourth-order valence-electron chi connectivity index (χ4n) is 4.28. The minimum Gasteiger partial charge on any atom is -0.466 e. The van der Waals surface area contributed by atoms with Gasteiger partial charge in [0, 0.05) is 4.47 Å². The van der Waals surface area contributed by atoms with E-state index in [2.05, 4.69) is 15.9 Å². The van der Waals surface area contributed by atoms with Crippen molar-refractivity contribution in [1.82, 2.24) is 4.90 Å². The molecular weight excluding hydrogens is 386 g/mol. The molecule has 3 heterocycles. The zero-order chi connectivity index (χ0) is 17.8. The van der Waals surface area contributed by atoms with Crippen LogP contribution in [0.1, 0.15) is 25.5 Å². The molecule has 1 spiro atoms. The summed E-state index contributed by atoms with van der Waals surface area (Å²) in [5.41, 5.74) is 0.363. The van der Waals surface area contributed by atoms with Crippen LogP contribution in [0.25, 0.3) is 0 Å². The Morgan fingerprint density at radius 2 is 2.16 bits per heavy atom. The fourth-order valence-corrected chi connectivity index (χ4v) is 4.55. The summed E-state index contributed by atoms with van der Waals surface area (Å²) in [4.78, 5) is 27.4. The first-order chi connectivity index (χ1) is 12.0. The summed E-state index contributed by atoms with van der Waals surface area (Å²) >= 11 is 3.43. The average molecular weight is 406 g/mol. The Bertz CT molecular complexity index is 746. The van der Waals surface area contributed by atoms with Gasteiger partial charge < -0.3 is 14.4 Å². The molecule has 2 bridgehead atoms. The molecule has 3 aliphatic rings. The second-order valence-electron chi connectivity index (χ2n) is 6.85. The normalized spacial score (nSPS) is 33.6. The van der Waals surface area contributed by atoms with Gasteiger partial charge in [-0.1, -0.05) is 40.2 Å². The van der Waals surface area contributed by atoms with Crippen LogP contribution in [0, 0.1) is 11.8 Å². The molecule has 3 aliphatic heterocycles. The lowest BCUT2D eigenvalue weighted by molar-refractivity contribution is -0.153. The number of hydrogen-bond donors (Lipinski definition) is 0. The molecule has 0 saturated carbocycles. The molecule has 1 amide bonds. The second kappa shape index (κ2) is 5.95. The van der Waals surface area contributed by atoms with Gasteiger partial charge in [-0.25, -0.2) is 0 Å². The van der Waals surface area contributed by atoms with Crippen molar-refractivity contribution in [3.63, 3.8) is 0 Å². The van der Waals surface area contributed by atoms with Crippen molar-refractivity contribution in [2.75, 3.05) is 13.2 Å². The summed E-state index contributed by atoms with van der Waals surface area (Å²) in [6.45, 7) is 4.56. The summed E-state index contributed by atoms with van der Waals surface area (Å²) in [5.74, 6) is -1.39. The van der Waals surface area contributed by atoms with E-state index in [4.69, 9.17) is 9.47 Å². The molecular formula is C19H20BrNO4. The number of amides is 1. The average Bonchev–Trinajstić information content (AvgIpc) is 3.23. The first-order valence-corrected chi connectivity index (χ1v) is 9.36. The minimum atomic E-state index is -0.692. The van der Waals surface area contributed by atoms with Gasteiger partial charge in [-0.05, 0) is 31.5 Å². The summed E-state index contributed by atoms with van der Waals surface area (Å²) in [6.07, 6.45) is 3.52. The molecule has 132 valence electrons. The maximum absolute atomic E-state index is 13.2. The molecule has 0 N–H and O–H groups in total. The predicted octanol–water partition coefficient (Wildman–Crippen LogP) is 2.86. The Labute approximate surface area is 155 Å². The number of nitrogens with zero attached hydrogens (tertiary/aromatic N) is 1. The number of fused-ring (bicyclic) bond motifs is 1. The van der Waals surface area contributed by atoms with Crippen LogP contribution in [0.3, 0.4) is 0 Å². The maximum Gasteiger partial charge on any atom is 0.312 e. The highest BCUT2D eigenvalue weighted by Gasteiger charge is 2.67. The first-order valence-electron chi connectivity index (χ1n) is 8.56. The topological polar surface area (TPSA) is 55.8 Å². The third-order valence-corrected chi connectivity index (χ3v) is 6.04. The lowest BCUT2D eigenvalue weighted by Gasteiger charge is -2.27. The summed E-state index contributed by atoms with van der Waals surface area (Å²) in [7, 11) is 0. The standard InChI is InChI=1S/C19H20BrNO4/c1-3-24-18(23)15-14-8-9-19(25-14)10-21(17(22)16(15)19)11(2)12-4-6-13(20)7-5-12/h4-9,11,14-16H,3,10H2,1-2H3/t11-,14-,15-,16-,19+/m0/s1. The molecule has 1 aromatic rings. The Morgan fingerprint density at radius 1 is 1.44 bits per heavy atom. The van der Waals surface area contributed by atoms with Crippen molar-refractivity contribution < 1.29 is 19.1 Å². The third kappa shape index (κ3) is 2.46. The number of ether oxygens (including phenoxy) is 2. The van der Waals surface area contributed by atoms with Crippen LogP contribution in [-0.4, -0.2) is 41.6 Å². The lowest BCUT2D eigenvalue weighted by Crippen LogP contribution is -2.40. The van der Waals surface area contributed by atoms with E-state index in [0.29, 0.717) is 13.2 Å². The maximum atomic E-state index is 13.2. The zero-order valence-electron chi connectivity index (χ0n) is 14.1. The van der Waals surface area contributed by atoms with Crippen LogP contribution >= 0.6 is 15.9 Å². The largest absolute Gasteiger partial charge is 0.466 e. The van der Waals surface area contributed by atoms with E-state index in [1.54, 1.807) is 6.92 Å². The van der Waals surface area contributed by atoms with E-state index in [9.17, 15) is 9.59 Å². The van der Waals surface area contributed by atoms with Crippen molar-refractivity contribution >= 4 is 27.8 Å². The summed E-state index contributed by atoms with van der Waals surface area (Å²) in [6, 6.07) is 7.86.